The van der Waals surface area contributed by atoms with Gasteiger partial charge < -0.3 is 9.47 Å². The monoisotopic (exact) mass is 365 g/mol. The SMILES string of the molecule is C=C(C)C(=O)OCCCCCCOc1ccc(C=Cc2ccccn2)cc1. The van der Waals surface area contributed by atoms with Crippen LogP contribution in [0.25, 0.3) is 12.2 Å². The summed E-state index contributed by atoms with van der Waals surface area (Å²) in [5.74, 6) is 0.567. The molecule has 1 heterocycles. The van der Waals surface area contributed by atoms with Crippen molar-refractivity contribution in [3.63, 3.8) is 0 Å². The van der Waals surface area contributed by atoms with Crippen LogP contribution in [0.4, 0.5) is 0 Å². The normalized spacial score (nSPS) is 10.7. The van der Waals surface area contributed by atoms with Gasteiger partial charge >= 0.3 is 5.97 Å². The topological polar surface area (TPSA) is 48.4 Å². The Bertz CT molecular complexity index is 736. The summed E-state index contributed by atoms with van der Waals surface area (Å²) in [6, 6.07) is 13.9. The molecule has 0 radical (unpaired) electrons. The Morgan fingerprint density at radius 3 is 2.41 bits per heavy atom. The molecule has 0 saturated carbocycles. The average Bonchev–Trinajstić information content (AvgIpc) is 2.69. The van der Waals surface area contributed by atoms with Crippen LogP contribution < -0.4 is 4.74 Å². The van der Waals surface area contributed by atoms with E-state index in [1.807, 2.05) is 54.6 Å². The summed E-state index contributed by atoms with van der Waals surface area (Å²) in [6.45, 7) is 6.36. The maximum absolute atomic E-state index is 11.2. The van der Waals surface area contributed by atoms with E-state index in [0.717, 1.165) is 42.7 Å². The first-order valence-corrected chi connectivity index (χ1v) is 9.30. The standard InChI is InChI=1S/C23H27NO3/c1-19(2)23(25)27-18-8-4-3-7-17-26-22-14-11-20(12-15-22)10-13-21-9-5-6-16-24-21/h5-6,9-16H,1,3-4,7-8,17-18H2,2H3. The van der Waals surface area contributed by atoms with Gasteiger partial charge in [-0.2, -0.15) is 0 Å². The number of carbonyl (C=O) groups is 1. The predicted octanol–water partition coefficient (Wildman–Crippen LogP) is 5.31. The number of pyridine rings is 1. The van der Waals surface area contributed by atoms with Gasteiger partial charge in [0, 0.05) is 11.8 Å². The van der Waals surface area contributed by atoms with Gasteiger partial charge in [0.15, 0.2) is 0 Å². The minimum absolute atomic E-state index is 0.309. The third-order valence-electron chi connectivity index (χ3n) is 3.90. The second-order valence-corrected chi connectivity index (χ2v) is 6.34. The number of benzene rings is 1. The molecule has 0 bridgehead atoms. The minimum Gasteiger partial charge on any atom is -0.494 e. The third-order valence-corrected chi connectivity index (χ3v) is 3.90. The number of carbonyl (C=O) groups excluding carboxylic acids is 1. The van der Waals surface area contributed by atoms with Crippen LogP contribution in [-0.2, 0) is 9.53 Å². The summed E-state index contributed by atoms with van der Waals surface area (Å²) in [6.07, 6.45) is 9.73. The molecule has 2 rings (SSSR count). The highest BCUT2D eigenvalue weighted by Gasteiger charge is 2.01. The van der Waals surface area contributed by atoms with Crippen LogP contribution in [0.15, 0.2) is 60.8 Å². The Morgan fingerprint density at radius 2 is 1.74 bits per heavy atom. The molecule has 0 unspecified atom stereocenters. The van der Waals surface area contributed by atoms with Gasteiger partial charge in [0.25, 0.3) is 0 Å². The predicted molar refractivity (Wildman–Crippen MR) is 109 cm³/mol. The molecule has 0 saturated heterocycles. The number of hydrogen-bond acceptors (Lipinski definition) is 4. The van der Waals surface area contributed by atoms with Gasteiger partial charge in [-0.15, -0.1) is 0 Å². The lowest BCUT2D eigenvalue weighted by Crippen LogP contribution is -2.06. The van der Waals surface area contributed by atoms with Gasteiger partial charge in [0.1, 0.15) is 5.75 Å². The van der Waals surface area contributed by atoms with Crippen LogP contribution in [0.1, 0.15) is 43.9 Å². The molecule has 0 amide bonds. The maximum atomic E-state index is 11.2. The summed E-state index contributed by atoms with van der Waals surface area (Å²) in [4.78, 5) is 15.5. The van der Waals surface area contributed by atoms with Crippen molar-refractivity contribution in [2.45, 2.75) is 32.6 Å². The molecular formula is C23H27NO3. The Morgan fingerprint density at radius 1 is 1.00 bits per heavy atom. The van der Waals surface area contributed by atoms with E-state index in [4.69, 9.17) is 9.47 Å². The fourth-order valence-corrected chi connectivity index (χ4v) is 2.37. The minimum atomic E-state index is -0.309. The van der Waals surface area contributed by atoms with E-state index in [2.05, 4.69) is 11.6 Å². The molecular weight excluding hydrogens is 338 g/mol. The molecule has 0 spiro atoms. The van der Waals surface area contributed by atoms with Crippen molar-refractivity contribution in [2.75, 3.05) is 13.2 Å². The number of nitrogens with zero attached hydrogens (tertiary/aromatic N) is 1. The summed E-state index contributed by atoms with van der Waals surface area (Å²) in [7, 11) is 0. The van der Waals surface area contributed by atoms with Gasteiger partial charge in [-0.25, -0.2) is 4.79 Å². The van der Waals surface area contributed by atoms with Gasteiger partial charge in [0.2, 0.25) is 0 Å². The summed E-state index contributed by atoms with van der Waals surface area (Å²) in [5, 5.41) is 0. The van der Waals surface area contributed by atoms with E-state index in [9.17, 15) is 4.79 Å². The van der Waals surface area contributed by atoms with Gasteiger partial charge in [0.05, 0.1) is 18.9 Å². The molecule has 142 valence electrons. The van der Waals surface area contributed by atoms with Crippen LogP contribution in [0.3, 0.4) is 0 Å². The summed E-state index contributed by atoms with van der Waals surface area (Å²) in [5.41, 5.74) is 2.49. The lowest BCUT2D eigenvalue weighted by Gasteiger charge is -2.07. The highest BCUT2D eigenvalue weighted by atomic mass is 16.5. The first-order valence-electron chi connectivity index (χ1n) is 9.30. The van der Waals surface area contributed by atoms with E-state index < -0.39 is 0 Å². The Hall–Kier alpha value is -2.88. The Kier molecular flexibility index (Phi) is 8.84. The largest absolute Gasteiger partial charge is 0.494 e. The molecule has 1 aromatic carbocycles. The van der Waals surface area contributed by atoms with Crippen molar-refractivity contribution in [1.82, 2.24) is 4.98 Å². The molecule has 0 atom stereocenters. The molecule has 27 heavy (non-hydrogen) atoms. The van der Waals surface area contributed by atoms with Gasteiger partial charge in [-0.1, -0.05) is 30.9 Å². The van der Waals surface area contributed by atoms with Crippen LogP contribution in [0, 0.1) is 0 Å². The number of esters is 1. The fraction of sp³-hybridized carbons (Fsp3) is 0.304. The molecule has 0 aliphatic rings. The van der Waals surface area contributed by atoms with Crippen LogP contribution in [0.2, 0.25) is 0 Å². The van der Waals surface area contributed by atoms with E-state index in [0.29, 0.717) is 18.8 Å². The zero-order valence-electron chi connectivity index (χ0n) is 15.9. The molecule has 0 fully saturated rings. The average molecular weight is 365 g/mol. The first kappa shape index (κ1) is 20.4. The maximum Gasteiger partial charge on any atom is 0.333 e. The van der Waals surface area contributed by atoms with Crippen LogP contribution >= 0.6 is 0 Å². The van der Waals surface area contributed by atoms with Crippen molar-refractivity contribution in [3.05, 3.63) is 72.1 Å². The molecule has 1 aromatic heterocycles. The highest BCUT2D eigenvalue weighted by Crippen LogP contribution is 2.15. The second-order valence-electron chi connectivity index (χ2n) is 6.34. The Balaban J connectivity index is 1.58. The fourth-order valence-electron chi connectivity index (χ4n) is 2.37. The van der Waals surface area contributed by atoms with Crippen molar-refractivity contribution in [2.24, 2.45) is 0 Å². The molecule has 2 aromatic rings. The molecule has 4 nitrogen and oxygen atoms in total. The lowest BCUT2D eigenvalue weighted by atomic mass is 10.2. The van der Waals surface area contributed by atoms with Gasteiger partial charge in [-0.3, -0.25) is 4.98 Å². The van der Waals surface area contributed by atoms with E-state index in [-0.39, 0.29) is 5.97 Å². The molecule has 0 aliphatic carbocycles. The van der Waals surface area contributed by atoms with E-state index >= 15 is 0 Å². The van der Waals surface area contributed by atoms with Crippen molar-refractivity contribution in [1.29, 1.82) is 0 Å². The number of aromatic nitrogens is 1. The lowest BCUT2D eigenvalue weighted by molar-refractivity contribution is -0.139. The van der Waals surface area contributed by atoms with E-state index in [1.54, 1.807) is 13.1 Å². The summed E-state index contributed by atoms with van der Waals surface area (Å²) >= 11 is 0. The first-order chi connectivity index (χ1) is 13.1. The summed E-state index contributed by atoms with van der Waals surface area (Å²) < 4.78 is 10.8. The smallest absolute Gasteiger partial charge is 0.333 e. The Labute approximate surface area is 161 Å². The van der Waals surface area contributed by atoms with Crippen LogP contribution in [-0.4, -0.2) is 24.2 Å². The van der Waals surface area contributed by atoms with Gasteiger partial charge in [-0.05, 0) is 68.5 Å². The number of unbranched alkanes of at least 4 members (excludes halogenated alkanes) is 3. The highest BCUT2D eigenvalue weighted by molar-refractivity contribution is 5.86. The number of hydrogen-bond donors (Lipinski definition) is 0. The second kappa shape index (κ2) is 11.7. The number of rotatable bonds is 11. The molecule has 4 heteroatoms. The van der Waals surface area contributed by atoms with Crippen molar-refractivity contribution in [3.8, 4) is 5.75 Å². The van der Waals surface area contributed by atoms with E-state index in [1.165, 1.54) is 0 Å². The van der Waals surface area contributed by atoms with Crippen molar-refractivity contribution >= 4 is 18.1 Å². The third kappa shape index (κ3) is 8.36. The zero-order chi connectivity index (χ0) is 19.3. The molecule has 0 N–H and O–H groups in total. The van der Waals surface area contributed by atoms with Crippen molar-refractivity contribution < 1.29 is 14.3 Å². The molecule has 0 aliphatic heterocycles. The van der Waals surface area contributed by atoms with Crippen LogP contribution in [0.5, 0.6) is 5.75 Å². The zero-order valence-corrected chi connectivity index (χ0v) is 15.9. The quantitative estimate of drug-likeness (QED) is 0.307. The number of ether oxygens (including phenoxy) is 2.